The number of ether oxygens (including phenoxy) is 1. The first-order valence-electron chi connectivity index (χ1n) is 8.02. The number of carbonyl (C=O) groups is 1. The number of halogens is 3. The quantitative estimate of drug-likeness (QED) is 0.443. The third kappa shape index (κ3) is 2.99. The second-order valence-corrected chi connectivity index (χ2v) is 9.15. The summed E-state index contributed by atoms with van der Waals surface area (Å²) in [6, 6.07) is 7.30. The third-order valence-electron chi connectivity index (χ3n) is 4.23. The first kappa shape index (κ1) is 18.0. The lowest BCUT2D eigenvalue weighted by Crippen LogP contribution is -2.10. The van der Waals surface area contributed by atoms with E-state index in [1.54, 1.807) is 35.1 Å². The Kier molecular flexibility index (Phi) is 4.86. The molecule has 0 spiro atoms. The molecule has 134 valence electrons. The predicted molar refractivity (Wildman–Crippen MR) is 108 cm³/mol. The Morgan fingerprint density at radius 1 is 1.35 bits per heavy atom. The Bertz CT molecular complexity index is 1030. The average molecular weight is 472 g/mol. The fourth-order valence-corrected chi connectivity index (χ4v) is 5.36. The maximum Gasteiger partial charge on any atom is 0.359 e. The minimum atomic E-state index is -0.412. The van der Waals surface area contributed by atoms with Gasteiger partial charge < -0.3 is 4.74 Å². The second kappa shape index (κ2) is 7.00. The van der Waals surface area contributed by atoms with Gasteiger partial charge in [-0.25, -0.2) is 9.48 Å². The summed E-state index contributed by atoms with van der Waals surface area (Å²) in [5.74, 6) is -0.412. The zero-order valence-corrected chi connectivity index (χ0v) is 17.6. The van der Waals surface area contributed by atoms with Crippen LogP contribution in [0.3, 0.4) is 0 Å². The number of aromatic nitrogens is 2. The van der Waals surface area contributed by atoms with Gasteiger partial charge in [0, 0.05) is 21.0 Å². The van der Waals surface area contributed by atoms with Gasteiger partial charge in [-0.05, 0) is 60.0 Å². The molecule has 26 heavy (non-hydrogen) atoms. The zero-order valence-electron chi connectivity index (χ0n) is 13.7. The van der Waals surface area contributed by atoms with Crippen LogP contribution in [-0.2, 0) is 17.6 Å². The van der Waals surface area contributed by atoms with Gasteiger partial charge in [-0.3, -0.25) is 0 Å². The summed E-state index contributed by atoms with van der Waals surface area (Å²) in [4.78, 5) is 13.7. The summed E-state index contributed by atoms with van der Waals surface area (Å²) in [5.41, 5.74) is 3.88. The van der Waals surface area contributed by atoms with Crippen molar-refractivity contribution in [1.29, 1.82) is 0 Å². The largest absolute Gasteiger partial charge is 0.461 e. The van der Waals surface area contributed by atoms with Crippen LogP contribution < -0.4 is 0 Å². The molecule has 0 fully saturated rings. The highest BCUT2D eigenvalue weighted by atomic mass is 79.9. The van der Waals surface area contributed by atoms with E-state index in [-0.39, 0.29) is 0 Å². The Labute approximate surface area is 172 Å². The summed E-state index contributed by atoms with van der Waals surface area (Å²) in [5, 5.41) is 5.60. The van der Waals surface area contributed by atoms with Crippen LogP contribution in [0.15, 0.2) is 28.1 Å². The van der Waals surface area contributed by atoms with Gasteiger partial charge in [0.1, 0.15) is 0 Å². The lowest BCUT2D eigenvalue weighted by Gasteiger charge is -2.16. The summed E-state index contributed by atoms with van der Waals surface area (Å²) in [6.07, 6.45) is 1.60. The predicted octanol–water partition coefficient (Wildman–Crippen LogP) is 5.95. The van der Waals surface area contributed by atoms with Crippen molar-refractivity contribution in [2.45, 2.75) is 19.8 Å². The molecule has 0 saturated heterocycles. The molecule has 0 saturated carbocycles. The number of esters is 1. The van der Waals surface area contributed by atoms with E-state index in [4.69, 9.17) is 27.9 Å². The van der Waals surface area contributed by atoms with Gasteiger partial charge in [0.15, 0.2) is 5.69 Å². The zero-order chi connectivity index (χ0) is 18.4. The summed E-state index contributed by atoms with van der Waals surface area (Å²) in [7, 11) is 0. The summed E-state index contributed by atoms with van der Waals surface area (Å²) in [6.45, 7) is 2.09. The maximum atomic E-state index is 12.5. The molecule has 3 aromatic rings. The molecule has 1 aromatic carbocycles. The van der Waals surface area contributed by atoms with Crippen LogP contribution >= 0.6 is 50.5 Å². The standard InChI is InChI=1S/C18H13BrCl2N2O2S/c1-2-25-18(24)16-10-4-6-14-11(8-15(19)26-14)17(10)23(22-16)13-5-3-9(20)7-12(13)21/h3,5,7-8H,2,4,6H2,1H3. The van der Waals surface area contributed by atoms with Crippen LogP contribution in [0.2, 0.25) is 10.0 Å². The maximum absolute atomic E-state index is 12.5. The van der Waals surface area contributed by atoms with Gasteiger partial charge in [0.05, 0.1) is 26.8 Å². The van der Waals surface area contributed by atoms with Crippen molar-refractivity contribution in [3.8, 4) is 16.9 Å². The van der Waals surface area contributed by atoms with Crippen molar-refractivity contribution in [3.05, 3.63) is 54.2 Å². The van der Waals surface area contributed by atoms with Crippen LogP contribution in [0.25, 0.3) is 16.9 Å². The van der Waals surface area contributed by atoms with Crippen molar-refractivity contribution in [3.63, 3.8) is 0 Å². The molecule has 1 aliphatic rings. The molecule has 2 aromatic heterocycles. The fraction of sp³-hybridized carbons (Fsp3) is 0.222. The SMILES string of the molecule is CCOC(=O)c1nn(-c2ccc(Cl)cc2Cl)c2c1CCc1sc(Br)cc1-2. The number of aryl methyl sites for hydroxylation is 1. The number of rotatable bonds is 3. The first-order chi connectivity index (χ1) is 12.5. The molecule has 0 unspecified atom stereocenters. The van der Waals surface area contributed by atoms with Crippen molar-refractivity contribution in [2.75, 3.05) is 6.61 Å². The number of nitrogens with zero attached hydrogens (tertiary/aromatic N) is 2. The number of benzene rings is 1. The Morgan fingerprint density at radius 3 is 2.88 bits per heavy atom. The Balaban J connectivity index is 1.99. The lowest BCUT2D eigenvalue weighted by atomic mass is 9.94. The van der Waals surface area contributed by atoms with Gasteiger partial charge in [-0.1, -0.05) is 23.2 Å². The van der Waals surface area contributed by atoms with Crippen molar-refractivity contribution >= 4 is 56.4 Å². The fourth-order valence-electron chi connectivity index (χ4n) is 3.18. The van der Waals surface area contributed by atoms with Gasteiger partial charge in [-0.2, -0.15) is 5.10 Å². The first-order valence-corrected chi connectivity index (χ1v) is 10.4. The summed E-state index contributed by atoms with van der Waals surface area (Å²) >= 11 is 17.7. The Hall–Kier alpha value is -1.34. The molecule has 4 rings (SSSR count). The van der Waals surface area contributed by atoms with E-state index in [1.165, 1.54) is 4.88 Å². The van der Waals surface area contributed by atoms with Crippen molar-refractivity contribution in [1.82, 2.24) is 9.78 Å². The topological polar surface area (TPSA) is 44.1 Å². The molecule has 2 heterocycles. The monoisotopic (exact) mass is 470 g/mol. The van der Waals surface area contributed by atoms with Crippen molar-refractivity contribution in [2.24, 2.45) is 0 Å². The number of hydrogen-bond donors (Lipinski definition) is 0. The number of fused-ring (bicyclic) bond motifs is 3. The van der Waals surface area contributed by atoms with E-state index >= 15 is 0 Å². The van der Waals surface area contributed by atoms with Gasteiger partial charge in [-0.15, -0.1) is 11.3 Å². The number of hydrogen-bond acceptors (Lipinski definition) is 4. The van der Waals surface area contributed by atoms with Crippen LogP contribution in [0.4, 0.5) is 0 Å². The van der Waals surface area contributed by atoms with E-state index < -0.39 is 5.97 Å². The normalized spacial score (nSPS) is 12.6. The van der Waals surface area contributed by atoms with Crippen LogP contribution in [0, 0.1) is 0 Å². The molecular formula is C18H13BrCl2N2O2S. The van der Waals surface area contributed by atoms with E-state index in [9.17, 15) is 4.79 Å². The van der Waals surface area contributed by atoms with Crippen molar-refractivity contribution < 1.29 is 9.53 Å². The van der Waals surface area contributed by atoms with Gasteiger partial charge in [0.2, 0.25) is 0 Å². The molecule has 0 aliphatic heterocycles. The van der Waals surface area contributed by atoms with Gasteiger partial charge >= 0.3 is 5.97 Å². The highest BCUT2D eigenvalue weighted by Crippen LogP contribution is 2.43. The van der Waals surface area contributed by atoms with E-state index in [1.807, 2.05) is 6.07 Å². The molecule has 1 aliphatic carbocycles. The minimum absolute atomic E-state index is 0.303. The average Bonchev–Trinajstić information content (AvgIpc) is 3.14. The minimum Gasteiger partial charge on any atom is -0.461 e. The molecule has 8 heteroatoms. The van der Waals surface area contributed by atoms with Crippen LogP contribution in [-0.4, -0.2) is 22.4 Å². The second-order valence-electron chi connectivity index (χ2n) is 5.79. The van der Waals surface area contributed by atoms with Gasteiger partial charge in [0.25, 0.3) is 0 Å². The molecule has 0 amide bonds. The highest BCUT2D eigenvalue weighted by molar-refractivity contribution is 9.11. The number of thiophene rings is 1. The van der Waals surface area contributed by atoms with Crippen LogP contribution in [0.5, 0.6) is 0 Å². The smallest absolute Gasteiger partial charge is 0.359 e. The Morgan fingerprint density at radius 2 is 2.15 bits per heavy atom. The molecule has 0 N–H and O–H groups in total. The van der Waals surface area contributed by atoms with E-state index in [2.05, 4.69) is 27.1 Å². The molecule has 0 bridgehead atoms. The highest BCUT2D eigenvalue weighted by Gasteiger charge is 2.31. The number of carbonyl (C=O) groups excluding carboxylic acids is 1. The molecular weight excluding hydrogens is 459 g/mol. The molecule has 0 radical (unpaired) electrons. The third-order valence-corrected chi connectivity index (χ3v) is 6.46. The van der Waals surface area contributed by atoms with E-state index in [0.717, 1.165) is 33.4 Å². The van der Waals surface area contributed by atoms with E-state index in [0.29, 0.717) is 28.0 Å². The summed E-state index contributed by atoms with van der Waals surface area (Å²) < 4.78 is 7.99. The molecule has 4 nitrogen and oxygen atoms in total. The lowest BCUT2D eigenvalue weighted by molar-refractivity contribution is 0.0517. The molecule has 0 atom stereocenters. The van der Waals surface area contributed by atoms with Crippen LogP contribution in [0.1, 0.15) is 27.9 Å².